The van der Waals surface area contributed by atoms with Crippen molar-refractivity contribution in [2.24, 2.45) is 0 Å². The molecule has 0 aromatic heterocycles. The molecule has 1 unspecified atom stereocenters. The molecule has 0 aliphatic heterocycles. The number of rotatable bonds is 6. The zero-order valence-electron chi connectivity index (χ0n) is 9.73. The molecule has 0 radical (unpaired) electrons. The van der Waals surface area contributed by atoms with E-state index >= 15 is 0 Å². The molecule has 1 aromatic carbocycles. The minimum absolute atomic E-state index is 0.0775. The zero-order chi connectivity index (χ0) is 12.0. The summed E-state index contributed by atoms with van der Waals surface area (Å²) in [6.45, 7) is 3.36. The summed E-state index contributed by atoms with van der Waals surface area (Å²) in [5.41, 5.74) is 0.780. The van der Waals surface area contributed by atoms with Crippen molar-refractivity contribution < 1.29 is 14.9 Å². The van der Waals surface area contributed by atoms with E-state index in [1.807, 2.05) is 0 Å². The van der Waals surface area contributed by atoms with E-state index in [0.717, 1.165) is 18.6 Å². The SMILES string of the molecule is COCCC(C)NCc1ccc(O)cc1O. The van der Waals surface area contributed by atoms with Crippen LogP contribution in [0.3, 0.4) is 0 Å². The predicted octanol–water partition coefficient (Wildman–Crippen LogP) is 1.61. The first-order chi connectivity index (χ1) is 7.63. The second-order valence-electron chi connectivity index (χ2n) is 3.88. The summed E-state index contributed by atoms with van der Waals surface area (Å²) in [5, 5.41) is 22.0. The molecular formula is C12H19NO3. The normalized spacial score (nSPS) is 12.6. The first kappa shape index (κ1) is 12.8. The van der Waals surface area contributed by atoms with Gasteiger partial charge >= 0.3 is 0 Å². The Hall–Kier alpha value is -1.26. The van der Waals surface area contributed by atoms with E-state index in [9.17, 15) is 5.11 Å². The summed E-state index contributed by atoms with van der Waals surface area (Å²) in [6.07, 6.45) is 0.926. The van der Waals surface area contributed by atoms with Crippen molar-refractivity contribution in [1.29, 1.82) is 0 Å². The number of nitrogens with one attached hydrogen (secondary N) is 1. The highest BCUT2D eigenvalue weighted by Crippen LogP contribution is 2.22. The number of hydrogen-bond donors (Lipinski definition) is 3. The van der Waals surface area contributed by atoms with Crippen molar-refractivity contribution in [3.63, 3.8) is 0 Å². The quantitative estimate of drug-likeness (QED) is 0.688. The maximum atomic E-state index is 9.56. The van der Waals surface area contributed by atoms with Crippen LogP contribution in [0.15, 0.2) is 18.2 Å². The van der Waals surface area contributed by atoms with Gasteiger partial charge in [0, 0.05) is 37.9 Å². The molecule has 0 spiro atoms. The van der Waals surface area contributed by atoms with Crippen LogP contribution in [-0.4, -0.2) is 30.0 Å². The molecule has 90 valence electrons. The zero-order valence-corrected chi connectivity index (χ0v) is 9.73. The van der Waals surface area contributed by atoms with Crippen molar-refractivity contribution in [2.45, 2.75) is 25.9 Å². The van der Waals surface area contributed by atoms with E-state index in [1.54, 1.807) is 19.2 Å². The highest BCUT2D eigenvalue weighted by Gasteiger charge is 2.05. The maximum absolute atomic E-state index is 9.56. The number of phenols is 2. The van der Waals surface area contributed by atoms with E-state index in [1.165, 1.54) is 6.07 Å². The van der Waals surface area contributed by atoms with E-state index < -0.39 is 0 Å². The summed E-state index contributed by atoms with van der Waals surface area (Å²) < 4.78 is 4.98. The Kier molecular flexibility index (Phi) is 5.08. The van der Waals surface area contributed by atoms with Gasteiger partial charge in [-0.25, -0.2) is 0 Å². The molecule has 0 aliphatic carbocycles. The standard InChI is InChI=1S/C12H19NO3/c1-9(5-6-16-2)13-8-10-3-4-11(14)7-12(10)15/h3-4,7,9,13-15H,5-6,8H2,1-2H3. The molecule has 0 aliphatic rings. The lowest BCUT2D eigenvalue weighted by atomic mass is 10.1. The predicted molar refractivity (Wildman–Crippen MR) is 62.6 cm³/mol. The molecule has 3 N–H and O–H groups in total. The Morgan fingerprint density at radius 1 is 1.38 bits per heavy atom. The fourth-order valence-corrected chi connectivity index (χ4v) is 1.38. The summed E-state index contributed by atoms with van der Waals surface area (Å²) in [4.78, 5) is 0. The van der Waals surface area contributed by atoms with Gasteiger partial charge in [0.05, 0.1) is 0 Å². The molecule has 1 atom stereocenters. The summed E-state index contributed by atoms with van der Waals surface area (Å²) >= 11 is 0. The van der Waals surface area contributed by atoms with Crippen LogP contribution in [-0.2, 0) is 11.3 Å². The largest absolute Gasteiger partial charge is 0.508 e. The van der Waals surface area contributed by atoms with Gasteiger partial charge in [-0.1, -0.05) is 6.07 Å². The lowest BCUT2D eigenvalue weighted by Crippen LogP contribution is -2.26. The van der Waals surface area contributed by atoms with Crippen molar-refractivity contribution in [3.05, 3.63) is 23.8 Å². The first-order valence-corrected chi connectivity index (χ1v) is 5.36. The van der Waals surface area contributed by atoms with Crippen molar-refractivity contribution in [3.8, 4) is 11.5 Å². The fourth-order valence-electron chi connectivity index (χ4n) is 1.38. The van der Waals surface area contributed by atoms with E-state index in [0.29, 0.717) is 12.6 Å². The summed E-state index contributed by atoms with van der Waals surface area (Å²) in [7, 11) is 1.68. The second kappa shape index (κ2) is 6.35. The van der Waals surface area contributed by atoms with Gasteiger partial charge < -0.3 is 20.3 Å². The minimum Gasteiger partial charge on any atom is -0.508 e. The average Bonchev–Trinajstić information content (AvgIpc) is 2.25. The van der Waals surface area contributed by atoms with Crippen LogP contribution in [0.4, 0.5) is 0 Å². The van der Waals surface area contributed by atoms with E-state index in [-0.39, 0.29) is 11.5 Å². The Labute approximate surface area is 95.9 Å². The molecular weight excluding hydrogens is 206 g/mol. The number of methoxy groups -OCH3 is 1. The highest BCUT2D eigenvalue weighted by atomic mass is 16.5. The minimum atomic E-state index is 0.0775. The van der Waals surface area contributed by atoms with Gasteiger partial charge in [-0.2, -0.15) is 0 Å². The van der Waals surface area contributed by atoms with E-state index in [4.69, 9.17) is 9.84 Å². The van der Waals surface area contributed by atoms with Gasteiger partial charge in [-0.15, -0.1) is 0 Å². The molecule has 1 aromatic rings. The molecule has 16 heavy (non-hydrogen) atoms. The second-order valence-corrected chi connectivity index (χ2v) is 3.88. The molecule has 0 fully saturated rings. The molecule has 1 rings (SSSR count). The van der Waals surface area contributed by atoms with Crippen LogP contribution in [0.2, 0.25) is 0 Å². The molecule has 0 saturated heterocycles. The number of aromatic hydroxyl groups is 2. The third-order valence-corrected chi connectivity index (χ3v) is 2.46. The lowest BCUT2D eigenvalue weighted by Gasteiger charge is -2.13. The van der Waals surface area contributed by atoms with Crippen molar-refractivity contribution >= 4 is 0 Å². The molecule has 0 bridgehead atoms. The Morgan fingerprint density at radius 3 is 2.75 bits per heavy atom. The molecule has 4 nitrogen and oxygen atoms in total. The fraction of sp³-hybridized carbons (Fsp3) is 0.500. The van der Waals surface area contributed by atoms with Crippen LogP contribution in [0, 0.1) is 0 Å². The lowest BCUT2D eigenvalue weighted by molar-refractivity contribution is 0.184. The maximum Gasteiger partial charge on any atom is 0.123 e. The van der Waals surface area contributed by atoms with Crippen LogP contribution in [0.25, 0.3) is 0 Å². The number of hydrogen-bond acceptors (Lipinski definition) is 4. The monoisotopic (exact) mass is 225 g/mol. The van der Waals surface area contributed by atoms with Crippen LogP contribution >= 0.6 is 0 Å². The number of phenolic OH excluding ortho intramolecular Hbond substituents is 2. The average molecular weight is 225 g/mol. The number of benzene rings is 1. The smallest absolute Gasteiger partial charge is 0.123 e. The summed E-state index contributed by atoms with van der Waals surface area (Å²) in [5.74, 6) is 0.195. The topological polar surface area (TPSA) is 61.7 Å². The molecule has 0 heterocycles. The van der Waals surface area contributed by atoms with Crippen molar-refractivity contribution in [1.82, 2.24) is 5.32 Å². The molecule has 4 heteroatoms. The summed E-state index contributed by atoms with van der Waals surface area (Å²) in [6, 6.07) is 4.95. The third kappa shape index (κ3) is 4.08. The third-order valence-electron chi connectivity index (χ3n) is 2.46. The van der Waals surface area contributed by atoms with Gasteiger partial charge in [0.15, 0.2) is 0 Å². The molecule has 0 amide bonds. The van der Waals surface area contributed by atoms with Gasteiger partial charge in [0.2, 0.25) is 0 Å². The highest BCUT2D eigenvalue weighted by molar-refractivity contribution is 5.38. The van der Waals surface area contributed by atoms with Crippen LogP contribution < -0.4 is 5.32 Å². The number of ether oxygens (including phenoxy) is 1. The van der Waals surface area contributed by atoms with Gasteiger partial charge in [-0.3, -0.25) is 0 Å². The Morgan fingerprint density at radius 2 is 2.12 bits per heavy atom. The Bertz CT molecular complexity index is 328. The van der Waals surface area contributed by atoms with Crippen molar-refractivity contribution in [2.75, 3.05) is 13.7 Å². The first-order valence-electron chi connectivity index (χ1n) is 5.36. The van der Waals surface area contributed by atoms with Crippen LogP contribution in [0.1, 0.15) is 18.9 Å². The molecule has 0 saturated carbocycles. The Balaban J connectivity index is 2.42. The van der Waals surface area contributed by atoms with Gasteiger partial charge in [-0.05, 0) is 19.4 Å². The van der Waals surface area contributed by atoms with Gasteiger partial charge in [0.1, 0.15) is 11.5 Å². The van der Waals surface area contributed by atoms with Crippen LogP contribution in [0.5, 0.6) is 11.5 Å². The van der Waals surface area contributed by atoms with Gasteiger partial charge in [0.25, 0.3) is 0 Å². The van der Waals surface area contributed by atoms with E-state index in [2.05, 4.69) is 12.2 Å².